The number of hydrogen-bond acceptors (Lipinski definition) is 3. The van der Waals surface area contributed by atoms with Gasteiger partial charge in [0.15, 0.2) is 0 Å². The van der Waals surface area contributed by atoms with Gasteiger partial charge in [0.2, 0.25) is 0 Å². The number of methoxy groups -OCH3 is 1. The molecule has 1 aromatic heterocycles. The Morgan fingerprint density at radius 2 is 1.94 bits per heavy atom. The van der Waals surface area contributed by atoms with Crippen molar-refractivity contribution in [2.75, 3.05) is 7.11 Å². The van der Waals surface area contributed by atoms with Crippen molar-refractivity contribution < 1.29 is 4.74 Å². The van der Waals surface area contributed by atoms with Gasteiger partial charge in [-0.05, 0) is 62.0 Å². The minimum Gasteiger partial charge on any atom is -0.497 e. The summed E-state index contributed by atoms with van der Waals surface area (Å²) in [5.74, 6) is 0.869. The second-order valence-corrected chi connectivity index (χ2v) is 7.19. The van der Waals surface area contributed by atoms with Crippen molar-refractivity contribution in [2.24, 2.45) is 5.73 Å². The van der Waals surface area contributed by atoms with Crippen LogP contribution in [0.3, 0.4) is 0 Å². The maximum absolute atomic E-state index is 6.22. The Balaban J connectivity index is 2.08. The van der Waals surface area contributed by atoms with Crippen molar-refractivity contribution in [1.29, 1.82) is 0 Å². The van der Waals surface area contributed by atoms with Crippen LogP contribution < -0.4 is 10.5 Å². The van der Waals surface area contributed by atoms with Gasteiger partial charge in [0.05, 0.1) is 10.9 Å². The summed E-state index contributed by atoms with van der Waals surface area (Å²) in [7, 11) is 1.67. The minimum absolute atomic E-state index is 0.0194. The predicted octanol–water partition coefficient (Wildman–Crippen LogP) is 4.52. The highest BCUT2D eigenvalue weighted by molar-refractivity contribution is 9.13. The summed E-state index contributed by atoms with van der Waals surface area (Å²) in [5, 5.41) is 0. The van der Waals surface area contributed by atoms with Crippen molar-refractivity contribution in [3.05, 3.63) is 49.0 Å². The fourth-order valence-corrected chi connectivity index (χ4v) is 3.75. The first kappa shape index (κ1) is 14.1. The van der Waals surface area contributed by atoms with E-state index in [0.29, 0.717) is 0 Å². The van der Waals surface area contributed by atoms with Crippen LogP contribution >= 0.6 is 43.2 Å². The second-order valence-electron chi connectivity index (χ2n) is 3.93. The molecule has 0 fully saturated rings. The van der Waals surface area contributed by atoms with Crippen LogP contribution in [0, 0.1) is 0 Å². The first-order chi connectivity index (χ1) is 8.60. The lowest BCUT2D eigenvalue weighted by Crippen LogP contribution is -2.11. The van der Waals surface area contributed by atoms with E-state index in [2.05, 4.69) is 50.1 Å². The third kappa shape index (κ3) is 3.35. The molecule has 5 heteroatoms. The van der Waals surface area contributed by atoms with Crippen LogP contribution in [-0.2, 0) is 6.42 Å². The summed E-state index contributed by atoms with van der Waals surface area (Å²) >= 11 is 8.64. The standard InChI is InChI=1S/C13H13Br2NOS/c1-17-9-4-2-8(3-5-9)6-11(16)12-7-10(14)13(15)18-12/h2-5,7,11H,6,16H2,1H3. The van der Waals surface area contributed by atoms with Crippen molar-refractivity contribution in [2.45, 2.75) is 12.5 Å². The molecule has 2 N–H and O–H groups in total. The van der Waals surface area contributed by atoms with Crippen LogP contribution in [0.15, 0.2) is 38.6 Å². The van der Waals surface area contributed by atoms with Crippen LogP contribution in [0.1, 0.15) is 16.5 Å². The van der Waals surface area contributed by atoms with Crippen LogP contribution in [0.2, 0.25) is 0 Å². The van der Waals surface area contributed by atoms with Gasteiger partial charge >= 0.3 is 0 Å². The first-order valence-corrected chi connectivity index (χ1v) is 7.83. The summed E-state index contributed by atoms with van der Waals surface area (Å²) in [6.45, 7) is 0. The van der Waals surface area contributed by atoms with Crippen LogP contribution in [-0.4, -0.2) is 7.11 Å². The van der Waals surface area contributed by atoms with E-state index in [1.54, 1.807) is 18.4 Å². The van der Waals surface area contributed by atoms with Crippen LogP contribution in [0.4, 0.5) is 0 Å². The van der Waals surface area contributed by atoms with E-state index in [4.69, 9.17) is 10.5 Å². The van der Waals surface area contributed by atoms with E-state index in [1.165, 1.54) is 10.4 Å². The van der Waals surface area contributed by atoms with E-state index in [0.717, 1.165) is 20.4 Å². The van der Waals surface area contributed by atoms with Gasteiger partial charge in [0.1, 0.15) is 5.75 Å². The Bertz CT molecular complexity index is 505. The zero-order valence-electron chi connectivity index (χ0n) is 9.82. The SMILES string of the molecule is COc1ccc(CC(N)c2cc(Br)c(Br)s2)cc1. The smallest absolute Gasteiger partial charge is 0.118 e. The number of thiophene rings is 1. The Morgan fingerprint density at radius 1 is 1.28 bits per heavy atom. The number of halogens is 2. The minimum atomic E-state index is 0.0194. The number of rotatable bonds is 4. The van der Waals surface area contributed by atoms with Crippen LogP contribution in [0.5, 0.6) is 5.75 Å². The lowest BCUT2D eigenvalue weighted by atomic mass is 10.1. The van der Waals surface area contributed by atoms with Crippen molar-refractivity contribution >= 4 is 43.2 Å². The molecule has 1 heterocycles. The molecule has 18 heavy (non-hydrogen) atoms. The second kappa shape index (κ2) is 6.19. The molecule has 0 amide bonds. The maximum Gasteiger partial charge on any atom is 0.118 e. The molecule has 0 saturated heterocycles. The normalized spacial score (nSPS) is 12.4. The number of hydrogen-bond donors (Lipinski definition) is 1. The lowest BCUT2D eigenvalue weighted by molar-refractivity contribution is 0.414. The van der Waals surface area contributed by atoms with E-state index in [-0.39, 0.29) is 6.04 Å². The molecule has 0 aliphatic rings. The highest BCUT2D eigenvalue weighted by atomic mass is 79.9. The summed E-state index contributed by atoms with van der Waals surface area (Å²) < 4.78 is 7.28. The maximum atomic E-state index is 6.22. The van der Waals surface area contributed by atoms with E-state index < -0.39 is 0 Å². The van der Waals surface area contributed by atoms with Crippen molar-refractivity contribution in [3.63, 3.8) is 0 Å². The summed E-state index contributed by atoms with van der Waals surface area (Å²) in [5.41, 5.74) is 7.43. The fraction of sp³-hybridized carbons (Fsp3) is 0.231. The van der Waals surface area contributed by atoms with Gasteiger partial charge in [0, 0.05) is 15.4 Å². The largest absolute Gasteiger partial charge is 0.497 e. The predicted molar refractivity (Wildman–Crippen MR) is 83.3 cm³/mol. The molecule has 1 atom stereocenters. The molecule has 1 aromatic carbocycles. The molecule has 0 radical (unpaired) electrons. The molecule has 96 valence electrons. The van der Waals surface area contributed by atoms with Gasteiger partial charge in [-0.15, -0.1) is 11.3 Å². The number of benzene rings is 1. The van der Waals surface area contributed by atoms with Gasteiger partial charge in [-0.3, -0.25) is 0 Å². The zero-order chi connectivity index (χ0) is 13.1. The zero-order valence-corrected chi connectivity index (χ0v) is 13.8. The Morgan fingerprint density at radius 3 is 2.44 bits per heavy atom. The molecule has 2 nitrogen and oxygen atoms in total. The molecule has 0 saturated carbocycles. The molecule has 0 spiro atoms. The quantitative estimate of drug-likeness (QED) is 0.832. The third-order valence-corrected chi connectivity index (χ3v) is 6.03. The topological polar surface area (TPSA) is 35.2 Å². The molecule has 2 rings (SSSR count). The third-order valence-electron chi connectivity index (χ3n) is 2.64. The average molecular weight is 391 g/mol. The molecular weight excluding hydrogens is 378 g/mol. The fourth-order valence-electron chi connectivity index (χ4n) is 1.66. The summed E-state index contributed by atoms with van der Waals surface area (Å²) in [4.78, 5) is 1.17. The van der Waals surface area contributed by atoms with Crippen molar-refractivity contribution in [1.82, 2.24) is 0 Å². The van der Waals surface area contributed by atoms with Gasteiger partial charge in [-0.25, -0.2) is 0 Å². The molecule has 2 aromatic rings. The average Bonchev–Trinajstić information content (AvgIpc) is 2.71. The summed E-state index contributed by atoms with van der Waals surface area (Å²) in [6.07, 6.45) is 0.823. The number of ether oxygens (including phenoxy) is 1. The van der Waals surface area contributed by atoms with Gasteiger partial charge in [-0.1, -0.05) is 12.1 Å². The molecule has 0 bridgehead atoms. The van der Waals surface area contributed by atoms with Gasteiger partial charge < -0.3 is 10.5 Å². The Hall–Kier alpha value is -0.360. The Labute approximate surface area is 127 Å². The van der Waals surface area contributed by atoms with E-state index in [1.807, 2.05) is 12.1 Å². The van der Waals surface area contributed by atoms with Crippen LogP contribution in [0.25, 0.3) is 0 Å². The molecular formula is C13H13Br2NOS. The van der Waals surface area contributed by atoms with E-state index >= 15 is 0 Å². The highest BCUT2D eigenvalue weighted by Crippen LogP contribution is 2.35. The molecule has 0 aliphatic heterocycles. The Kier molecular flexibility index (Phi) is 4.84. The lowest BCUT2D eigenvalue weighted by Gasteiger charge is -2.10. The van der Waals surface area contributed by atoms with Crippen molar-refractivity contribution in [3.8, 4) is 5.75 Å². The molecule has 0 aliphatic carbocycles. The first-order valence-electron chi connectivity index (χ1n) is 5.43. The molecule has 1 unspecified atom stereocenters. The van der Waals surface area contributed by atoms with Gasteiger partial charge in [-0.2, -0.15) is 0 Å². The monoisotopic (exact) mass is 389 g/mol. The van der Waals surface area contributed by atoms with E-state index in [9.17, 15) is 0 Å². The number of nitrogens with two attached hydrogens (primary N) is 1. The summed E-state index contributed by atoms with van der Waals surface area (Å²) in [6, 6.07) is 10.1. The van der Waals surface area contributed by atoms with Gasteiger partial charge in [0.25, 0.3) is 0 Å². The highest BCUT2D eigenvalue weighted by Gasteiger charge is 2.12.